The van der Waals surface area contributed by atoms with Crippen LogP contribution in [-0.2, 0) is 4.79 Å². The first-order valence-corrected chi connectivity index (χ1v) is 7.18. The van der Waals surface area contributed by atoms with Crippen LogP contribution in [0.1, 0.15) is 15.2 Å². The number of amides is 1. The Hall–Kier alpha value is -1.72. The number of carbonyl (C=O) groups is 2. The Kier molecular flexibility index (Phi) is 3.08. The number of anilines is 1. The average Bonchev–Trinajstić information content (AvgIpc) is 2.95. The van der Waals surface area contributed by atoms with E-state index in [1.54, 1.807) is 6.07 Å². The fourth-order valence-electron chi connectivity index (χ4n) is 1.93. The highest BCUT2D eigenvalue weighted by atomic mass is 79.9. The largest absolute Gasteiger partial charge is 0.321 e. The molecular formula is C14H8BrNO2S. The van der Waals surface area contributed by atoms with E-state index in [2.05, 4.69) is 21.2 Å². The minimum Gasteiger partial charge on any atom is -0.321 e. The van der Waals surface area contributed by atoms with Gasteiger partial charge in [-0.25, -0.2) is 0 Å². The van der Waals surface area contributed by atoms with Crippen LogP contribution in [0.25, 0.3) is 5.57 Å². The number of para-hydroxylation sites is 1. The molecule has 1 aromatic carbocycles. The molecule has 1 aromatic heterocycles. The van der Waals surface area contributed by atoms with Crippen LogP contribution in [0.5, 0.6) is 0 Å². The summed E-state index contributed by atoms with van der Waals surface area (Å²) in [6.45, 7) is 0. The van der Waals surface area contributed by atoms with Crippen LogP contribution < -0.4 is 5.32 Å². The van der Waals surface area contributed by atoms with Crippen molar-refractivity contribution in [3.63, 3.8) is 0 Å². The number of hydrogen-bond donors (Lipinski definition) is 1. The predicted molar refractivity (Wildman–Crippen MR) is 79.4 cm³/mol. The minimum absolute atomic E-state index is 0.155. The lowest BCUT2D eigenvalue weighted by Gasteiger charge is -1.96. The molecular weight excluding hydrogens is 326 g/mol. The Morgan fingerprint density at radius 2 is 2.00 bits per heavy atom. The van der Waals surface area contributed by atoms with Crippen molar-refractivity contribution in [1.82, 2.24) is 0 Å². The third-order valence-corrected chi connectivity index (χ3v) is 4.44. The van der Waals surface area contributed by atoms with Crippen molar-refractivity contribution in [2.45, 2.75) is 0 Å². The van der Waals surface area contributed by atoms with E-state index in [9.17, 15) is 9.59 Å². The second-order valence-corrected chi connectivity index (χ2v) is 6.49. The van der Waals surface area contributed by atoms with Gasteiger partial charge in [0.25, 0.3) is 5.91 Å². The van der Waals surface area contributed by atoms with E-state index in [-0.39, 0.29) is 11.7 Å². The molecule has 5 heteroatoms. The first kappa shape index (κ1) is 12.3. The highest BCUT2D eigenvalue weighted by molar-refractivity contribution is 9.11. The van der Waals surface area contributed by atoms with Crippen molar-refractivity contribution in [3.05, 3.63) is 56.7 Å². The van der Waals surface area contributed by atoms with Gasteiger partial charge in [-0.15, -0.1) is 11.3 Å². The summed E-state index contributed by atoms with van der Waals surface area (Å²) in [4.78, 5) is 24.6. The third-order valence-electron chi connectivity index (χ3n) is 2.80. The van der Waals surface area contributed by atoms with Crippen molar-refractivity contribution < 1.29 is 9.59 Å². The summed E-state index contributed by atoms with van der Waals surface area (Å²) in [6, 6.07) is 10.9. The molecule has 3 rings (SSSR count). The van der Waals surface area contributed by atoms with Crippen molar-refractivity contribution in [2.24, 2.45) is 0 Å². The van der Waals surface area contributed by atoms with E-state index in [1.807, 2.05) is 30.3 Å². The summed E-state index contributed by atoms with van der Waals surface area (Å²) in [7, 11) is 0. The van der Waals surface area contributed by atoms with Crippen LogP contribution in [-0.4, -0.2) is 11.7 Å². The van der Waals surface area contributed by atoms with Gasteiger partial charge < -0.3 is 5.32 Å². The molecule has 0 atom stereocenters. The number of ketones is 1. The van der Waals surface area contributed by atoms with E-state index >= 15 is 0 Å². The van der Waals surface area contributed by atoms with Gasteiger partial charge in [0.1, 0.15) is 0 Å². The maximum atomic E-state index is 12.1. The normalized spacial score (nSPS) is 15.4. The van der Waals surface area contributed by atoms with Gasteiger partial charge in [0, 0.05) is 17.3 Å². The summed E-state index contributed by atoms with van der Waals surface area (Å²) in [6.07, 6.45) is 1.40. The molecule has 0 fully saturated rings. The first-order chi connectivity index (χ1) is 9.15. The molecule has 19 heavy (non-hydrogen) atoms. The molecule has 3 nitrogen and oxygen atoms in total. The SMILES string of the molecule is O=C1Nc2ccccc2C1=CC(=O)c1ccc(Br)s1. The van der Waals surface area contributed by atoms with Crippen LogP contribution in [0.3, 0.4) is 0 Å². The maximum absolute atomic E-state index is 12.1. The van der Waals surface area contributed by atoms with Crippen LogP contribution in [0.15, 0.2) is 46.3 Å². The van der Waals surface area contributed by atoms with Gasteiger partial charge in [-0.05, 0) is 34.1 Å². The Bertz CT molecular complexity index is 718. The molecule has 1 aliphatic heterocycles. The zero-order chi connectivity index (χ0) is 13.4. The van der Waals surface area contributed by atoms with Gasteiger partial charge in [0.2, 0.25) is 0 Å². The number of halogens is 1. The molecule has 1 amide bonds. The smallest absolute Gasteiger partial charge is 0.256 e. The lowest BCUT2D eigenvalue weighted by atomic mass is 10.1. The van der Waals surface area contributed by atoms with E-state index in [0.29, 0.717) is 10.5 Å². The Morgan fingerprint density at radius 1 is 1.21 bits per heavy atom. The van der Waals surface area contributed by atoms with E-state index in [4.69, 9.17) is 0 Å². The Balaban J connectivity index is 2.00. The van der Waals surface area contributed by atoms with Crippen LogP contribution in [0.2, 0.25) is 0 Å². The fraction of sp³-hybridized carbons (Fsp3) is 0. The molecule has 2 heterocycles. The lowest BCUT2D eigenvalue weighted by molar-refractivity contribution is -0.110. The standard InChI is InChI=1S/C14H8BrNO2S/c15-13-6-5-12(19-13)11(17)7-9-8-3-1-2-4-10(8)16-14(9)18/h1-7H,(H,16,18). The number of fused-ring (bicyclic) bond motifs is 1. The molecule has 0 aliphatic carbocycles. The number of thiophene rings is 1. The zero-order valence-electron chi connectivity index (χ0n) is 9.64. The lowest BCUT2D eigenvalue weighted by Crippen LogP contribution is -2.05. The van der Waals surface area contributed by atoms with Crippen LogP contribution >= 0.6 is 27.3 Å². The second kappa shape index (κ2) is 4.75. The molecule has 0 unspecified atom stereocenters. The highest BCUT2D eigenvalue weighted by Crippen LogP contribution is 2.32. The van der Waals surface area contributed by atoms with Crippen LogP contribution in [0, 0.1) is 0 Å². The minimum atomic E-state index is -0.231. The predicted octanol–water partition coefficient (Wildman–Crippen LogP) is 3.73. The molecule has 0 saturated heterocycles. The van der Waals surface area contributed by atoms with Crippen LogP contribution in [0.4, 0.5) is 5.69 Å². The second-order valence-electron chi connectivity index (χ2n) is 4.03. The third kappa shape index (κ3) is 2.27. The molecule has 94 valence electrons. The summed E-state index contributed by atoms with van der Waals surface area (Å²) in [5, 5.41) is 2.74. The summed E-state index contributed by atoms with van der Waals surface area (Å²) >= 11 is 4.67. The monoisotopic (exact) mass is 333 g/mol. The first-order valence-electron chi connectivity index (χ1n) is 5.57. The van der Waals surface area contributed by atoms with E-state index < -0.39 is 0 Å². The van der Waals surface area contributed by atoms with Gasteiger partial charge in [0.05, 0.1) is 14.2 Å². The Morgan fingerprint density at radius 3 is 2.74 bits per heavy atom. The summed E-state index contributed by atoms with van der Waals surface area (Å²) < 4.78 is 0.894. The number of hydrogen-bond acceptors (Lipinski definition) is 3. The molecule has 1 aliphatic rings. The van der Waals surface area contributed by atoms with E-state index in [0.717, 1.165) is 15.0 Å². The molecule has 2 aromatic rings. The van der Waals surface area contributed by atoms with Gasteiger partial charge >= 0.3 is 0 Å². The highest BCUT2D eigenvalue weighted by Gasteiger charge is 2.24. The topological polar surface area (TPSA) is 46.2 Å². The maximum Gasteiger partial charge on any atom is 0.256 e. The Labute approximate surface area is 122 Å². The number of nitrogens with one attached hydrogen (secondary N) is 1. The molecule has 0 spiro atoms. The van der Waals surface area contributed by atoms with E-state index in [1.165, 1.54) is 17.4 Å². The zero-order valence-corrected chi connectivity index (χ0v) is 12.0. The summed E-state index contributed by atoms with van der Waals surface area (Å²) in [5.41, 5.74) is 1.94. The number of allylic oxidation sites excluding steroid dienone is 1. The molecule has 0 radical (unpaired) electrons. The quantitative estimate of drug-likeness (QED) is 0.672. The van der Waals surface area contributed by atoms with Crippen molar-refractivity contribution >= 4 is 50.2 Å². The average molecular weight is 334 g/mol. The van der Waals surface area contributed by atoms with Gasteiger partial charge in [0.15, 0.2) is 5.78 Å². The van der Waals surface area contributed by atoms with Crippen molar-refractivity contribution in [1.29, 1.82) is 0 Å². The fourth-order valence-corrected chi connectivity index (χ4v) is 3.23. The van der Waals surface area contributed by atoms with Gasteiger partial charge in [-0.2, -0.15) is 0 Å². The number of benzene rings is 1. The van der Waals surface area contributed by atoms with Gasteiger partial charge in [-0.3, -0.25) is 9.59 Å². The van der Waals surface area contributed by atoms with Crippen molar-refractivity contribution in [2.75, 3.05) is 5.32 Å². The molecule has 0 bridgehead atoms. The number of carbonyl (C=O) groups excluding carboxylic acids is 2. The van der Waals surface area contributed by atoms with Gasteiger partial charge in [-0.1, -0.05) is 18.2 Å². The van der Waals surface area contributed by atoms with Crippen molar-refractivity contribution in [3.8, 4) is 0 Å². The number of rotatable bonds is 2. The molecule has 0 saturated carbocycles. The molecule has 1 N–H and O–H groups in total. The summed E-state index contributed by atoms with van der Waals surface area (Å²) in [5.74, 6) is -0.386.